The summed E-state index contributed by atoms with van der Waals surface area (Å²) in [5.41, 5.74) is 1.64. The Hall–Kier alpha value is -2.90. The number of nitrogens with zero attached hydrogens (tertiary/aromatic N) is 3. The van der Waals surface area contributed by atoms with Crippen molar-refractivity contribution in [1.29, 1.82) is 0 Å². The molecule has 0 aliphatic carbocycles. The molecular weight excluding hydrogens is 508 g/mol. The smallest absolute Gasteiger partial charge is 0.296 e. The minimum atomic E-state index is -5.03. The van der Waals surface area contributed by atoms with Crippen LogP contribution in [-0.2, 0) is 42.7 Å². The van der Waals surface area contributed by atoms with E-state index < -0.39 is 80.0 Å². The first-order valence-electron chi connectivity index (χ1n) is 8.59. The molecule has 182 valence electrons. The second kappa shape index (κ2) is 8.80. The summed E-state index contributed by atoms with van der Waals surface area (Å²) in [5.74, 6) is -1.94. The van der Waals surface area contributed by atoms with Gasteiger partial charge in [0.25, 0.3) is 35.9 Å². The van der Waals surface area contributed by atoms with E-state index in [-0.39, 0.29) is 12.1 Å². The zero-order valence-corrected chi connectivity index (χ0v) is 19.3. The summed E-state index contributed by atoms with van der Waals surface area (Å²) in [5, 5.41) is 17.5. The molecule has 0 atom stereocenters. The van der Waals surface area contributed by atoms with Crippen LogP contribution < -0.4 is 11.3 Å². The van der Waals surface area contributed by atoms with Crippen LogP contribution in [0.3, 0.4) is 0 Å². The maximum Gasteiger partial charge on any atom is 0.296 e. The van der Waals surface area contributed by atoms with Gasteiger partial charge in [0.05, 0.1) is 5.69 Å². The Balaban J connectivity index is 2.88. The third-order valence-corrected chi connectivity index (χ3v) is 6.77. The van der Waals surface area contributed by atoms with Gasteiger partial charge >= 0.3 is 0 Å². The van der Waals surface area contributed by atoms with E-state index in [9.17, 15) is 44.3 Å². The number of benzene rings is 1. The van der Waals surface area contributed by atoms with Gasteiger partial charge in [-0.1, -0.05) is 0 Å². The Kier molecular flexibility index (Phi) is 7.03. The van der Waals surface area contributed by atoms with E-state index in [4.69, 9.17) is 10.3 Å². The Morgan fingerprint density at radius 1 is 0.970 bits per heavy atom. The fraction of sp³-hybridized carbons (Fsp3) is 0.267. The molecule has 33 heavy (non-hydrogen) atoms. The topological polar surface area (TPSA) is 256 Å². The molecule has 15 nitrogen and oxygen atoms in total. The summed E-state index contributed by atoms with van der Waals surface area (Å²) in [4.78, 5) is 10.5. The van der Waals surface area contributed by atoms with Gasteiger partial charge in [-0.25, -0.2) is 0 Å². The second-order valence-electron chi connectivity index (χ2n) is 6.56. The normalized spacial score (nSPS) is 13.0. The van der Waals surface area contributed by atoms with E-state index in [0.29, 0.717) is 16.7 Å². The number of rotatable bonds is 7. The molecule has 18 heteroatoms. The zero-order valence-electron chi connectivity index (χ0n) is 16.9. The molecule has 0 saturated carbocycles. The summed E-state index contributed by atoms with van der Waals surface area (Å²) in [7, 11) is -14.7. The summed E-state index contributed by atoms with van der Waals surface area (Å²) in [6.45, 7) is 2.41. The Morgan fingerprint density at radius 3 is 1.97 bits per heavy atom. The Labute approximate surface area is 187 Å². The Bertz CT molecular complexity index is 1540. The van der Waals surface area contributed by atoms with Gasteiger partial charge in [0.1, 0.15) is 26.9 Å². The molecule has 0 saturated heterocycles. The molecule has 0 radical (unpaired) electrons. The lowest BCUT2D eigenvalue weighted by atomic mass is 10.1. The highest BCUT2D eigenvalue weighted by molar-refractivity contribution is 7.86. The second-order valence-corrected chi connectivity index (χ2v) is 10.8. The molecule has 1 aromatic heterocycles. The third-order valence-electron chi connectivity index (χ3n) is 4.33. The minimum Gasteiger partial charge on any atom is -0.493 e. The van der Waals surface area contributed by atoms with Gasteiger partial charge in [-0.15, -0.1) is 10.2 Å². The van der Waals surface area contributed by atoms with Crippen LogP contribution in [0.2, 0.25) is 0 Å². The first-order valence-corrected chi connectivity index (χ1v) is 13.1. The first kappa shape index (κ1) is 26.4. The number of hydrogen-bond donors (Lipinski definition) is 5. The van der Waals surface area contributed by atoms with Crippen molar-refractivity contribution in [1.82, 2.24) is 4.57 Å². The van der Waals surface area contributed by atoms with Crippen LogP contribution >= 0.6 is 0 Å². The number of pyridine rings is 1. The predicted molar refractivity (Wildman–Crippen MR) is 113 cm³/mol. The minimum absolute atomic E-state index is 0.170. The van der Waals surface area contributed by atoms with E-state index >= 15 is 0 Å². The average Bonchev–Trinajstić information content (AvgIpc) is 2.63. The molecule has 6 N–H and O–H groups in total. The molecule has 0 amide bonds. The van der Waals surface area contributed by atoms with Crippen LogP contribution in [0, 0.1) is 6.92 Å². The summed E-state index contributed by atoms with van der Waals surface area (Å²) in [6, 6.07) is 0.981. The number of azo groups is 1. The number of nitrogen functional groups attached to an aromatic ring is 1. The van der Waals surface area contributed by atoms with Crippen LogP contribution in [0.25, 0.3) is 0 Å². The molecule has 1 aromatic carbocycles. The summed E-state index contributed by atoms with van der Waals surface area (Å²) in [6.07, 6.45) is 0. The maximum atomic E-state index is 12.5. The molecule has 2 aromatic rings. The molecule has 2 rings (SSSR count). The van der Waals surface area contributed by atoms with Gasteiger partial charge in [0.2, 0.25) is 5.88 Å². The number of aromatic hydroxyl groups is 1. The van der Waals surface area contributed by atoms with Gasteiger partial charge in [-0.2, -0.15) is 25.3 Å². The standard InChI is InChI=1S/C15H18N4O11S3/c1-3-19-14(20)8(6-31(22,23)24)7(2)13(15(19)21)18-17-10-5-11(32(25,26)27)9(16)4-12(10)33(28,29)30/h4-5,21H,3,6,16H2,1-2H3,(H,22,23,24)(H,25,26,27)(H,28,29,30)/b18-17-. The van der Waals surface area contributed by atoms with E-state index in [1.165, 1.54) is 6.92 Å². The van der Waals surface area contributed by atoms with Crippen molar-refractivity contribution in [2.24, 2.45) is 10.2 Å². The summed E-state index contributed by atoms with van der Waals surface area (Å²) >= 11 is 0. The molecule has 0 fully saturated rings. The van der Waals surface area contributed by atoms with Crippen molar-refractivity contribution in [3.63, 3.8) is 0 Å². The van der Waals surface area contributed by atoms with Gasteiger partial charge in [-0.05, 0) is 31.5 Å². The lowest BCUT2D eigenvalue weighted by molar-refractivity contribution is 0.411. The fourth-order valence-corrected chi connectivity index (χ4v) is 4.76. The average molecular weight is 527 g/mol. The number of nitrogens with two attached hydrogens (primary N) is 1. The quantitative estimate of drug-likeness (QED) is 0.190. The van der Waals surface area contributed by atoms with E-state index in [1.54, 1.807) is 0 Å². The third kappa shape index (κ3) is 5.72. The van der Waals surface area contributed by atoms with Gasteiger partial charge in [0.15, 0.2) is 0 Å². The monoisotopic (exact) mass is 526 g/mol. The van der Waals surface area contributed by atoms with Gasteiger partial charge in [0, 0.05) is 12.1 Å². The highest BCUT2D eigenvalue weighted by atomic mass is 32.2. The zero-order chi connectivity index (χ0) is 25.5. The largest absolute Gasteiger partial charge is 0.493 e. The fourth-order valence-electron chi connectivity index (χ4n) is 2.80. The number of hydrogen-bond acceptors (Lipinski definition) is 11. The van der Waals surface area contributed by atoms with Crippen molar-refractivity contribution in [3.8, 4) is 5.88 Å². The van der Waals surface area contributed by atoms with E-state index in [1.807, 2.05) is 0 Å². The summed E-state index contributed by atoms with van der Waals surface area (Å²) < 4.78 is 97.4. The molecule has 0 aliphatic rings. The number of anilines is 1. The predicted octanol–water partition coefficient (Wildman–Crippen LogP) is 0.761. The molecule has 0 spiro atoms. The van der Waals surface area contributed by atoms with Crippen LogP contribution in [0.5, 0.6) is 5.88 Å². The molecule has 1 heterocycles. The lowest BCUT2D eigenvalue weighted by Crippen LogP contribution is -2.26. The molecule has 0 unspecified atom stereocenters. The highest BCUT2D eigenvalue weighted by Crippen LogP contribution is 2.36. The van der Waals surface area contributed by atoms with Gasteiger partial charge in [-0.3, -0.25) is 23.0 Å². The van der Waals surface area contributed by atoms with Crippen LogP contribution in [0.15, 0.2) is 36.9 Å². The van der Waals surface area contributed by atoms with E-state index in [0.717, 1.165) is 6.92 Å². The van der Waals surface area contributed by atoms with Crippen molar-refractivity contribution in [2.45, 2.75) is 35.9 Å². The van der Waals surface area contributed by atoms with Crippen LogP contribution in [0.1, 0.15) is 18.1 Å². The van der Waals surface area contributed by atoms with Crippen molar-refractivity contribution in [2.75, 3.05) is 5.73 Å². The molecular formula is C15H18N4O11S3. The van der Waals surface area contributed by atoms with Crippen molar-refractivity contribution >= 4 is 47.4 Å². The maximum absolute atomic E-state index is 12.5. The molecule has 0 bridgehead atoms. The van der Waals surface area contributed by atoms with Crippen molar-refractivity contribution in [3.05, 3.63) is 33.6 Å². The van der Waals surface area contributed by atoms with Crippen LogP contribution in [-0.4, -0.2) is 48.6 Å². The molecule has 0 aliphatic heterocycles. The van der Waals surface area contributed by atoms with Gasteiger partial charge < -0.3 is 10.8 Å². The SMILES string of the molecule is CCn1c(O)c(/N=N\c2cc(S(=O)(=O)O)c(N)cc2S(=O)(=O)O)c(C)c(CS(=O)(=O)O)c1=O. The highest BCUT2D eigenvalue weighted by Gasteiger charge is 2.25. The van der Waals surface area contributed by atoms with Crippen LogP contribution in [0.4, 0.5) is 17.1 Å². The number of aromatic nitrogens is 1. The lowest BCUT2D eigenvalue weighted by Gasteiger charge is -2.14. The Morgan fingerprint density at radius 2 is 1.52 bits per heavy atom. The van der Waals surface area contributed by atoms with E-state index in [2.05, 4.69) is 10.2 Å². The van der Waals surface area contributed by atoms with Crippen molar-refractivity contribution < 1.29 is 44.0 Å². The first-order chi connectivity index (χ1) is 14.9.